The number of hydrogen-bond donors (Lipinski definition) is 4. The van der Waals surface area contributed by atoms with Gasteiger partial charge in [0.25, 0.3) is 0 Å². The van der Waals surface area contributed by atoms with Crippen molar-refractivity contribution in [2.24, 2.45) is 46.8 Å². The molecule has 5 rings (SSSR count). The Bertz CT molecular complexity index is 3180. The van der Waals surface area contributed by atoms with E-state index in [9.17, 15) is 53.1 Å². The molecule has 0 aliphatic carbocycles. The van der Waals surface area contributed by atoms with Crippen LogP contribution in [-0.2, 0) is 75.2 Å². The molecule has 9 amide bonds. The molecule has 12 atom stereocenters. The molecule has 0 bridgehead atoms. The first-order chi connectivity index (χ1) is 47.5. The molecule has 3 fully saturated rings. The maximum absolute atomic E-state index is 15.4. The number of rotatable bonds is 14. The number of aliphatic hydroxyl groups excluding tert-OH is 1. The highest BCUT2D eigenvalue weighted by atomic mass is 16.3. The fraction of sp³-hybridized carbons (Fsp3) is 0.679. The highest BCUT2D eigenvalue weighted by molar-refractivity contribution is 6.00. The number of amides is 9. The molecule has 101 heavy (non-hydrogen) atoms. The minimum Gasteiger partial charge on any atom is -0.393 e. The number of aliphatic hydroxyl groups is 1. The predicted molar refractivity (Wildman–Crippen MR) is 386 cm³/mol. The Balaban J connectivity index is 1.62. The molecule has 2 aromatic carbocycles. The van der Waals surface area contributed by atoms with Crippen molar-refractivity contribution in [2.45, 2.75) is 241 Å². The fourth-order valence-electron chi connectivity index (χ4n) is 14.6. The van der Waals surface area contributed by atoms with Crippen LogP contribution in [0.15, 0.2) is 60.7 Å². The summed E-state index contributed by atoms with van der Waals surface area (Å²) in [5, 5.41) is 19.9. The lowest BCUT2D eigenvalue weighted by atomic mass is 9.86. The molecule has 0 spiro atoms. The van der Waals surface area contributed by atoms with Crippen molar-refractivity contribution in [1.29, 1.82) is 0 Å². The van der Waals surface area contributed by atoms with Gasteiger partial charge in [-0.05, 0) is 113 Å². The average molecular weight is 1410 g/mol. The molecule has 0 aromatic heterocycles. The average Bonchev–Trinajstić information content (AvgIpc) is 1.79. The van der Waals surface area contributed by atoms with Crippen molar-refractivity contribution >= 4 is 76.3 Å². The molecule has 0 saturated carbocycles. The summed E-state index contributed by atoms with van der Waals surface area (Å²) in [4.78, 5) is 200. The SMILES string of the molecule is CCC(CC)[C@H]1C(=O)N(C)[C@@H](C)C(=O)N[C@@H](Cc2ccccc2)C(=O)C[C@@H]([C@@H](C)O)C(=O)N[C@@H](Cc2ccccc2)C(=O)N(C)[C@@H](CC(C)(C)C)C(=O)N2CCC[C@H]2C(=O)C[C@H](C(=O)N2CCCCC2)CC(=O)N[C@@H](C)C(=O)C[C@@H](CC(C)C)C(=O)N(C)CC(=O)C[C@@H](CC(C)C)C(=O)N1C. The van der Waals surface area contributed by atoms with Gasteiger partial charge in [-0.3, -0.25) is 62.3 Å². The molecule has 0 radical (unpaired) electrons. The van der Waals surface area contributed by atoms with E-state index in [4.69, 9.17) is 0 Å². The zero-order valence-electron chi connectivity index (χ0n) is 63.2. The van der Waals surface area contributed by atoms with Crippen molar-refractivity contribution in [3.8, 4) is 0 Å². The van der Waals surface area contributed by atoms with Crippen LogP contribution in [0.4, 0.5) is 0 Å². The molecule has 23 nitrogen and oxygen atoms in total. The third-order valence-corrected chi connectivity index (χ3v) is 20.5. The van der Waals surface area contributed by atoms with Gasteiger partial charge in [0.1, 0.15) is 24.2 Å². The number of Topliss-reactive ketones (excluding diaryl/α,β-unsaturated/α-hetero) is 4. The van der Waals surface area contributed by atoms with Crippen LogP contribution >= 0.6 is 0 Å². The first-order valence-corrected chi connectivity index (χ1v) is 36.9. The Morgan fingerprint density at radius 3 is 1.64 bits per heavy atom. The largest absolute Gasteiger partial charge is 0.393 e. The van der Waals surface area contributed by atoms with E-state index in [1.54, 1.807) is 65.6 Å². The summed E-state index contributed by atoms with van der Waals surface area (Å²) in [5.74, 6) is -12.6. The lowest BCUT2D eigenvalue weighted by molar-refractivity contribution is -0.152. The summed E-state index contributed by atoms with van der Waals surface area (Å²) in [6.07, 6.45) is 0.777. The number of hydrogen-bond acceptors (Lipinski definition) is 14. The molecule has 3 heterocycles. The quantitative estimate of drug-likeness (QED) is 0.149. The van der Waals surface area contributed by atoms with Crippen LogP contribution in [-0.4, -0.2) is 214 Å². The topological polar surface area (TPSA) is 298 Å². The molecule has 2 aromatic rings. The van der Waals surface area contributed by atoms with Crippen molar-refractivity contribution in [3.63, 3.8) is 0 Å². The Morgan fingerprint density at radius 2 is 1.11 bits per heavy atom. The van der Waals surface area contributed by atoms with E-state index in [1.807, 2.05) is 62.3 Å². The third kappa shape index (κ3) is 24.5. The second-order valence-electron chi connectivity index (χ2n) is 31.0. The first-order valence-electron chi connectivity index (χ1n) is 36.9. The zero-order valence-corrected chi connectivity index (χ0v) is 63.2. The molecule has 0 unspecified atom stereocenters. The standard InChI is InChI=1S/C78H119N9O14/c1-17-55(18-2)69-77(101)83(14)51(8)70(94)80-61(39-53-29-22-19-23-30-53)66(91)45-60(52(9)88)71(95)81-62(40-54-31-24-20-25-32-54)75(99)84(15)64(46-78(10,11)12)76(100)87-36-28-33-63(87)67(92)43-58(74(98)86-34-26-21-27-35-86)44-68(93)79-50(7)65(90)42-57(38-49(5)6)72(96)82(13)47-59(89)41-56(37-48(3)4)73(97)85(69)16/h19-20,22-25,29-32,48-52,55-58,60-64,69,88H,17-18,21,26-28,33-47H2,1-16H3,(H,79,93)(H,80,94)(H,81,95)/t50-,51-,52+,56+,57+,58-,60-,61-,62-,63-,64-,69-/m0/s1. The summed E-state index contributed by atoms with van der Waals surface area (Å²) < 4.78 is 0. The number of carbonyl (C=O) groups is 13. The van der Waals surface area contributed by atoms with E-state index in [2.05, 4.69) is 16.0 Å². The van der Waals surface area contributed by atoms with Crippen LogP contribution in [0, 0.1) is 46.8 Å². The molecular formula is C78H119N9O14. The van der Waals surface area contributed by atoms with E-state index in [0.717, 1.165) is 19.3 Å². The Labute approximate surface area is 600 Å². The fourth-order valence-corrected chi connectivity index (χ4v) is 14.6. The maximum atomic E-state index is 15.4. The van der Waals surface area contributed by atoms with E-state index >= 15 is 14.4 Å². The molecule has 560 valence electrons. The Kier molecular flexibility index (Phi) is 32.5. The summed E-state index contributed by atoms with van der Waals surface area (Å²) in [6, 6.07) is 9.22. The molecule has 4 N–H and O–H groups in total. The van der Waals surface area contributed by atoms with Gasteiger partial charge >= 0.3 is 0 Å². The van der Waals surface area contributed by atoms with Gasteiger partial charge in [-0.15, -0.1) is 0 Å². The number of likely N-dealkylation sites (N-methyl/N-ethyl adjacent to an activating group) is 4. The number of piperidine rings is 1. The van der Waals surface area contributed by atoms with Gasteiger partial charge in [-0.1, -0.05) is 136 Å². The minimum absolute atomic E-state index is 0.0595. The number of ketones is 4. The second kappa shape index (κ2) is 39.1. The number of carbonyl (C=O) groups excluding carboxylic acids is 13. The first kappa shape index (κ1) is 84.0. The molecule has 3 aliphatic heterocycles. The highest BCUT2D eigenvalue weighted by Gasteiger charge is 2.46. The lowest BCUT2D eigenvalue weighted by Gasteiger charge is -2.38. The van der Waals surface area contributed by atoms with Gasteiger partial charge in [-0.2, -0.15) is 0 Å². The van der Waals surface area contributed by atoms with Gasteiger partial charge < -0.3 is 50.5 Å². The van der Waals surface area contributed by atoms with Gasteiger partial charge in [0.15, 0.2) is 23.1 Å². The minimum atomic E-state index is -1.49. The summed E-state index contributed by atoms with van der Waals surface area (Å²) in [5.41, 5.74) is 0.668. The summed E-state index contributed by atoms with van der Waals surface area (Å²) in [7, 11) is 5.86. The van der Waals surface area contributed by atoms with Crippen molar-refractivity contribution < 1.29 is 67.4 Å². The number of benzene rings is 2. The van der Waals surface area contributed by atoms with E-state index in [0.29, 0.717) is 43.5 Å². The predicted octanol–water partition coefficient (Wildman–Crippen LogP) is 6.96. The van der Waals surface area contributed by atoms with Crippen molar-refractivity contribution in [3.05, 3.63) is 71.8 Å². The van der Waals surface area contributed by atoms with Crippen LogP contribution in [0.1, 0.15) is 191 Å². The number of fused-ring (bicyclic) bond motifs is 1. The number of nitrogens with zero attached hydrogens (tertiary/aromatic N) is 6. The Morgan fingerprint density at radius 1 is 0.564 bits per heavy atom. The summed E-state index contributed by atoms with van der Waals surface area (Å²) >= 11 is 0. The van der Waals surface area contributed by atoms with Gasteiger partial charge in [0.2, 0.25) is 53.2 Å². The molecule has 3 aliphatic rings. The summed E-state index contributed by atoms with van der Waals surface area (Å²) in [6.45, 7) is 22.0. The van der Waals surface area contributed by atoms with E-state index in [-0.39, 0.29) is 69.7 Å². The van der Waals surface area contributed by atoms with Crippen LogP contribution in [0.2, 0.25) is 0 Å². The highest BCUT2D eigenvalue weighted by Crippen LogP contribution is 2.32. The van der Waals surface area contributed by atoms with Crippen LogP contribution in [0.3, 0.4) is 0 Å². The Hall–Kier alpha value is -7.69. The van der Waals surface area contributed by atoms with Crippen LogP contribution in [0.5, 0.6) is 0 Å². The molecule has 23 heteroatoms. The van der Waals surface area contributed by atoms with Crippen LogP contribution < -0.4 is 16.0 Å². The van der Waals surface area contributed by atoms with Gasteiger partial charge in [-0.25, -0.2) is 0 Å². The van der Waals surface area contributed by atoms with Crippen molar-refractivity contribution in [2.75, 3.05) is 54.4 Å². The van der Waals surface area contributed by atoms with Crippen molar-refractivity contribution in [1.82, 2.24) is 45.3 Å². The number of nitrogens with one attached hydrogen (secondary N) is 3. The zero-order chi connectivity index (χ0) is 75.3. The lowest BCUT2D eigenvalue weighted by Crippen LogP contribution is -2.58. The van der Waals surface area contributed by atoms with Gasteiger partial charge in [0, 0.05) is 98.2 Å². The monoisotopic (exact) mass is 1410 g/mol. The van der Waals surface area contributed by atoms with E-state index in [1.165, 1.54) is 73.5 Å². The molecular weight excluding hydrogens is 1290 g/mol. The van der Waals surface area contributed by atoms with E-state index < -0.39 is 186 Å². The van der Waals surface area contributed by atoms with Crippen LogP contribution in [0.25, 0.3) is 0 Å². The van der Waals surface area contributed by atoms with Gasteiger partial charge in [0.05, 0.1) is 42.6 Å². The molecule has 3 saturated heterocycles. The smallest absolute Gasteiger partial charge is 0.246 e. The second-order valence-corrected chi connectivity index (χ2v) is 31.0. The normalized spacial score (nSPS) is 26.7. The number of likely N-dealkylation sites (tertiary alicyclic amines) is 1. The maximum Gasteiger partial charge on any atom is 0.246 e. The third-order valence-electron chi connectivity index (χ3n) is 20.5.